The molecule has 1 N–H and O–H groups in total. The van der Waals surface area contributed by atoms with E-state index in [0.29, 0.717) is 0 Å². The highest BCUT2D eigenvalue weighted by molar-refractivity contribution is 5.99. The Kier molecular flexibility index (Phi) is 5.45. The molecule has 0 saturated heterocycles. The van der Waals surface area contributed by atoms with Crippen LogP contribution in [0.5, 0.6) is 0 Å². The Bertz CT molecular complexity index is 434. The molecule has 0 aliphatic heterocycles. The maximum atomic E-state index is 12.2. The lowest BCUT2D eigenvalue weighted by molar-refractivity contribution is 0.0828. The molecular formula is C17H26N2O. The summed E-state index contributed by atoms with van der Waals surface area (Å²) >= 11 is 0. The van der Waals surface area contributed by atoms with Crippen molar-refractivity contribution in [1.29, 1.82) is 0 Å². The van der Waals surface area contributed by atoms with Crippen LogP contribution in [-0.2, 0) is 0 Å². The molecule has 1 aliphatic rings. The van der Waals surface area contributed by atoms with Crippen LogP contribution >= 0.6 is 0 Å². The lowest BCUT2D eigenvalue weighted by Crippen LogP contribution is -2.23. The normalized spacial score (nSPS) is 16.5. The van der Waals surface area contributed by atoms with Gasteiger partial charge in [0.2, 0.25) is 0 Å². The van der Waals surface area contributed by atoms with Gasteiger partial charge in [-0.1, -0.05) is 37.8 Å². The molecule has 1 aromatic carbocycles. The van der Waals surface area contributed by atoms with E-state index in [4.69, 9.17) is 0 Å². The summed E-state index contributed by atoms with van der Waals surface area (Å²) in [5.41, 5.74) is 1.74. The van der Waals surface area contributed by atoms with Gasteiger partial charge in [-0.25, -0.2) is 0 Å². The van der Waals surface area contributed by atoms with Crippen molar-refractivity contribution in [2.45, 2.75) is 38.5 Å². The zero-order valence-electron chi connectivity index (χ0n) is 12.7. The van der Waals surface area contributed by atoms with Gasteiger partial charge in [0.1, 0.15) is 0 Å². The molecule has 0 spiro atoms. The molecule has 3 nitrogen and oxygen atoms in total. The summed E-state index contributed by atoms with van der Waals surface area (Å²) in [4.78, 5) is 13.8. The molecule has 0 atom stereocenters. The molecule has 0 heterocycles. The molecule has 20 heavy (non-hydrogen) atoms. The van der Waals surface area contributed by atoms with Gasteiger partial charge in [0.05, 0.1) is 5.56 Å². The van der Waals surface area contributed by atoms with E-state index in [-0.39, 0.29) is 5.91 Å². The van der Waals surface area contributed by atoms with Crippen LogP contribution in [-0.4, -0.2) is 31.4 Å². The van der Waals surface area contributed by atoms with Crippen LogP contribution in [0.1, 0.15) is 48.9 Å². The minimum absolute atomic E-state index is 0.0639. The van der Waals surface area contributed by atoms with Gasteiger partial charge in [0, 0.05) is 26.3 Å². The summed E-state index contributed by atoms with van der Waals surface area (Å²) in [6.45, 7) is 0.984. The molecule has 1 aliphatic carbocycles. The first-order valence-electron chi connectivity index (χ1n) is 7.73. The first-order chi connectivity index (χ1) is 9.68. The highest BCUT2D eigenvalue weighted by Gasteiger charge is 2.15. The molecule has 0 aromatic heterocycles. The summed E-state index contributed by atoms with van der Waals surface area (Å²) in [6.07, 6.45) is 8.10. The Hall–Kier alpha value is -1.51. The van der Waals surface area contributed by atoms with Crippen molar-refractivity contribution >= 4 is 11.6 Å². The first-order valence-corrected chi connectivity index (χ1v) is 7.73. The van der Waals surface area contributed by atoms with Crippen molar-refractivity contribution in [1.82, 2.24) is 4.90 Å². The summed E-state index contributed by atoms with van der Waals surface area (Å²) in [5, 5.41) is 3.50. The van der Waals surface area contributed by atoms with Gasteiger partial charge in [-0.2, -0.15) is 0 Å². The number of nitrogens with zero attached hydrogens (tertiary/aromatic N) is 1. The molecule has 1 amide bonds. The predicted octanol–water partition coefficient (Wildman–Crippen LogP) is 3.77. The third kappa shape index (κ3) is 3.99. The lowest BCUT2D eigenvalue weighted by Gasteiger charge is -2.19. The fourth-order valence-corrected chi connectivity index (χ4v) is 2.89. The molecule has 0 unspecified atom stereocenters. The second-order valence-corrected chi connectivity index (χ2v) is 5.98. The number of nitrogens with one attached hydrogen (secondary N) is 1. The second-order valence-electron chi connectivity index (χ2n) is 5.98. The number of benzene rings is 1. The number of anilines is 1. The Balaban J connectivity index is 2.00. The van der Waals surface area contributed by atoms with Gasteiger partial charge >= 0.3 is 0 Å². The lowest BCUT2D eigenvalue weighted by atomic mass is 10.00. The summed E-state index contributed by atoms with van der Waals surface area (Å²) in [5.74, 6) is 0.814. The third-order valence-corrected chi connectivity index (χ3v) is 4.12. The van der Waals surface area contributed by atoms with E-state index in [9.17, 15) is 4.79 Å². The van der Waals surface area contributed by atoms with E-state index < -0.39 is 0 Å². The van der Waals surface area contributed by atoms with Gasteiger partial charge in [-0.05, 0) is 30.9 Å². The smallest absolute Gasteiger partial charge is 0.255 e. The number of rotatable bonds is 4. The summed E-state index contributed by atoms with van der Waals surface area (Å²) in [7, 11) is 3.59. The Morgan fingerprint density at radius 1 is 1.15 bits per heavy atom. The molecular weight excluding hydrogens is 248 g/mol. The SMILES string of the molecule is CN(C)C(=O)c1ccccc1NCC1CCCCCC1. The number of hydrogen-bond donors (Lipinski definition) is 1. The quantitative estimate of drug-likeness (QED) is 0.848. The fourth-order valence-electron chi connectivity index (χ4n) is 2.89. The van der Waals surface area contributed by atoms with Gasteiger partial charge in [-0.15, -0.1) is 0 Å². The van der Waals surface area contributed by atoms with Crippen LogP contribution in [0.25, 0.3) is 0 Å². The summed E-state index contributed by atoms with van der Waals surface area (Å²) < 4.78 is 0. The Morgan fingerprint density at radius 3 is 2.45 bits per heavy atom. The molecule has 110 valence electrons. The van der Waals surface area contributed by atoms with Crippen LogP contribution < -0.4 is 5.32 Å². The van der Waals surface area contributed by atoms with Gasteiger partial charge in [0.15, 0.2) is 0 Å². The van der Waals surface area contributed by atoms with E-state index in [1.54, 1.807) is 19.0 Å². The molecule has 0 radical (unpaired) electrons. The van der Waals surface area contributed by atoms with Gasteiger partial charge in [0.25, 0.3) is 5.91 Å². The van der Waals surface area contributed by atoms with E-state index in [1.807, 2.05) is 24.3 Å². The van der Waals surface area contributed by atoms with Crippen LogP contribution in [0.3, 0.4) is 0 Å². The maximum Gasteiger partial charge on any atom is 0.255 e. The zero-order chi connectivity index (χ0) is 14.4. The Morgan fingerprint density at radius 2 is 1.80 bits per heavy atom. The van der Waals surface area contributed by atoms with Crippen LogP contribution in [0.15, 0.2) is 24.3 Å². The van der Waals surface area contributed by atoms with E-state index in [1.165, 1.54) is 38.5 Å². The van der Waals surface area contributed by atoms with Gasteiger partial charge in [-0.3, -0.25) is 4.79 Å². The van der Waals surface area contributed by atoms with Crippen molar-refractivity contribution < 1.29 is 4.79 Å². The number of hydrogen-bond acceptors (Lipinski definition) is 2. The van der Waals surface area contributed by atoms with Crippen molar-refractivity contribution in [3.63, 3.8) is 0 Å². The Labute approximate surface area is 122 Å². The molecule has 1 saturated carbocycles. The number of amides is 1. The van der Waals surface area contributed by atoms with E-state index in [2.05, 4.69) is 5.32 Å². The average molecular weight is 274 g/mol. The largest absolute Gasteiger partial charge is 0.384 e. The second kappa shape index (κ2) is 7.32. The highest BCUT2D eigenvalue weighted by Crippen LogP contribution is 2.24. The molecule has 1 aromatic rings. The zero-order valence-corrected chi connectivity index (χ0v) is 12.7. The van der Waals surface area contributed by atoms with Crippen LogP contribution in [0.2, 0.25) is 0 Å². The molecule has 1 fully saturated rings. The number of carbonyl (C=O) groups is 1. The first kappa shape index (κ1) is 14.9. The monoisotopic (exact) mass is 274 g/mol. The number of carbonyl (C=O) groups excluding carboxylic acids is 1. The van der Waals surface area contributed by atoms with E-state index >= 15 is 0 Å². The fraction of sp³-hybridized carbons (Fsp3) is 0.588. The maximum absolute atomic E-state index is 12.2. The topological polar surface area (TPSA) is 32.3 Å². The van der Waals surface area contributed by atoms with Crippen molar-refractivity contribution in [3.8, 4) is 0 Å². The van der Waals surface area contributed by atoms with E-state index in [0.717, 1.165) is 23.7 Å². The van der Waals surface area contributed by atoms with Gasteiger partial charge < -0.3 is 10.2 Å². The molecule has 0 bridgehead atoms. The van der Waals surface area contributed by atoms with Crippen LogP contribution in [0.4, 0.5) is 5.69 Å². The van der Waals surface area contributed by atoms with Crippen molar-refractivity contribution in [2.75, 3.05) is 26.0 Å². The third-order valence-electron chi connectivity index (χ3n) is 4.12. The predicted molar refractivity (Wildman–Crippen MR) is 84.1 cm³/mol. The summed E-state index contributed by atoms with van der Waals surface area (Å²) in [6, 6.07) is 7.82. The standard InChI is InChI=1S/C17H26N2O/c1-19(2)17(20)15-11-7-8-12-16(15)18-13-14-9-5-3-4-6-10-14/h7-8,11-12,14,18H,3-6,9-10,13H2,1-2H3. The minimum Gasteiger partial charge on any atom is -0.384 e. The number of para-hydroxylation sites is 1. The van der Waals surface area contributed by atoms with Crippen LogP contribution in [0, 0.1) is 5.92 Å². The average Bonchev–Trinajstić information content (AvgIpc) is 2.73. The minimum atomic E-state index is 0.0639. The molecule has 3 heteroatoms. The van der Waals surface area contributed by atoms with Crippen molar-refractivity contribution in [2.24, 2.45) is 5.92 Å². The molecule has 2 rings (SSSR count). The highest BCUT2D eigenvalue weighted by atomic mass is 16.2. The van der Waals surface area contributed by atoms with Crippen molar-refractivity contribution in [3.05, 3.63) is 29.8 Å².